The molecule has 0 N–H and O–H groups in total. The lowest BCUT2D eigenvalue weighted by Crippen LogP contribution is -2.40. The topological polar surface area (TPSA) is 44.8 Å². The third-order valence-corrected chi connectivity index (χ3v) is 2.30. The second-order valence-electron chi connectivity index (χ2n) is 4.34. The lowest BCUT2D eigenvalue weighted by Gasteiger charge is -2.31. The van der Waals surface area contributed by atoms with Crippen molar-refractivity contribution < 1.29 is 23.4 Å². The number of hydrogen-bond donors (Lipinski definition) is 0. The highest BCUT2D eigenvalue weighted by atomic mass is 19.1. The fourth-order valence-corrected chi connectivity index (χ4v) is 1.42. The zero-order chi connectivity index (χ0) is 13.5. The van der Waals surface area contributed by atoms with Crippen LogP contribution < -0.4 is 0 Å². The SMILES string of the molecule is CCOC(C)OC(C)(C)[C@H](F)CCOC(C)=O. The first-order valence-corrected chi connectivity index (χ1v) is 5.86. The minimum Gasteiger partial charge on any atom is -0.466 e. The Balaban J connectivity index is 4.05. The van der Waals surface area contributed by atoms with E-state index in [0.29, 0.717) is 6.61 Å². The maximum absolute atomic E-state index is 13.9. The molecule has 102 valence electrons. The van der Waals surface area contributed by atoms with Crippen LogP contribution in [0.1, 0.15) is 41.0 Å². The van der Waals surface area contributed by atoms with Crippen LogP contribution in [0.25, 0.3) is 0 Å². The molecule has 0 spiro atoms. The molecular formula is C12H23FO4. The number of rotatable bonds is 8. The van der Waals surface area contributed by atoms with Gasteiger partial charge in [-0.3, -0.25) is 4.79 Å². The molecule has 0 aromatic carbocycles. The molecule has 0 aromatic heterocycles. The van der Waals surface area contributed by atoms with Gasteiger partial charge < -0.3 is 14.2 Å². The number of alkyl halides is 1. The Morgan fingerprint density at radius 2 is 2.00 bits per heavy atom. The van der Waals surface area contributed by atoms with Gasteiger partial charge in [0.2, 0.25) is 0 Å². The summed E-state index contributed by atoms with van der Waals surface area (Å²) in [4.78, 5) is 10.5. The van der Waals surface area contributed by atoms with Crippen LogP contribution in [-0.4, -0.2) is 37.2 Å². The molecule has 5 heteroatoms. The number of esters is 1. The van der Waals surface area contributed by atoms with E-state index in [1.165, 1.54) is 6.92 Å². The molecule has 0 radical (unpaired) electrons. The summed E-state index contributed by atoms with van der Waals surface area (Å²) in [7, 11) is 0. The van der Waals surface area contributed by atoms with Crippen LogP contribution >= 0.6 is 0 Å². The standard InChI is InChI=1S/C12H23FO4/c1-6-15-10(3)17-12(4,5)11(13)7-8-16-9(2)14/h10-11H,6-8H2,1-5H3/t10?,11-/m1/s1. The van der Waals surface area contributed by atoms with Gasteiger partial charge in [-0.1, -0.05) is 0 Å². The van der Waals surface area contributed by atoms with Crippen LogP contribution in [0, 0.1) is 0 Å². The molecule has 2 atom stereocenters. The molecule has 0 aliphatic heterocycles. The lowest BCUT2D eigenvalue weighted by atomic mass is 10.0. The first kappa shape index (κ1) is 16.3. The van der Waals surface area contributed by atoms with E-state index >= 15 is 0 Å². The van der Waals surface area contributed by atoms with Crippen molar-refractivity contribution in [1.29, 1.82) is 0 Å². The number of hydrogen-bond acceptors (Lipinski definition) is 4. The second kappa shape index (κ2) is 7.61. The average Bonchev–Trinajstić information content (AvgIpc) is 2.16. The van der Waals surface area contributed by atoms with Crippen LogP contribution in [0.2, 0.25) is 0 Å². The summed E-state index contributed by atoms with van der Waals surface area (Å²) >= 11 is 0. The quantitative estimate of drug-likeness (QED) is 0.490. The Morgan fingerprint density at radius 1 is 1.41 bits per heavy atom. The van der Waals surface area contributed by atoms with E-state index in [0.717, 1.165) is 0 Å². The molecule has 0 rings (SSSR count). The summed E-state index contributed by atoms with van der Waals surface area (Å²) in [6, 6.07) is 0. The highest BCUT2D eigenvalue weighted by molar-refractivity contribution is 5.65. The normalized spacial score (nSPS) is 15.4. The number of ether oxygens (including phenoxy) is 3. The van der Waals surface area contributed by atoms with Crippen LogP contribution in [0.5, 0.6) is 0 Å². The van der Waals surface area contributed by atoms with Gasteiger partial charge in [0, 0.05) is 20.0 Å². The van der Waals surface area contributed by atoms with Gasteiger partial charge in [-0.05, 0) is 27.7 Å². The van der Waals surface area contributed by atoms with E-state index in [9.17, 15) is 9.18 Å². The lowest BCUT2D eigenvalue weighted by molar-refractivity contribution is -0.209. The van der Waals surface area contributed by atoms with E-state index in [1.807, 2.05) is 6.92 Å². The van der Waals surface area contributed by atoms with Gasteiger partial charge in [0.15, 0.2) is 6.29 Å². The van der Waals surface area contributed by atoms with Gasteiger partial charge >= 0.3 is 5.97 Å². The number of halogens is 1. The van der Waals surface area contributed by atoms with E-state index < -0.39 is 24.0 Å². The Bertz CT molecular complexity index is 231. The fraction of sp³-hybridized carbons (Fsp3) is 0.917. The molecular weight excluding hydrogens is 227 g/mol. The maximum atomic E-state index is 13.9. The molecule has 17 heavy (non-hydrogen) atoms. The van der Waals surface area contributed by atoms with Crippen LogP contribution in [0.4, 0.5) is 4.39 Å². The van der Waals surface area contributed by atoms with Crippen molar-refractivity contribution in [2.24, 2.45) is 0 Å². The predicted molar refractivity (Wildman–Crippen MR) is 62.4 cm³/mol. The van der Waals surface area contributed by atoms with Crippen LogP contribution in [0.3, 0.4) is 0 Å². The monoisotopic (exact) mass is 250 g/mol. The van der Waals surface area contributed by atoms with E-state index in [1.54, 1.807) is 20.8 Å². The summed E-state index contributed by atoms with van der Waals surface area (Å²) < 4.78 is 29.2. The van der Waals surface area contributed by atoms with Crippen molar-refractivity contribution in [2.75, 3.05) is 13.2 Å². The molecule has 0 bridgehead atoms. The third-order valence-electron chi connectivity index (χ3n) is 2.30. The minimum absolute atomic E-state index is 0.0618. The number of carbonyl (C=O) groups excluding carboxylic acids is 1. The Kier molecular flexibility index (Phi) is 7.30. The molecule has 0 heterocycles. The van der Waals surface area contributed by atoms with Gasteiger partial charge in [0.05, 0.1) is 12.2 Å². The van der Waals surface area contributed by atoms with Crippen molar-refractivity contribution in [2.45, 2.75) is 59.1 Å². The Morgan fingerprint density at radius 3 is 2.47 bits per heavy atom. The van der Waals surface area contributed by atoms with Gasteiger partial charge in [-0.25, -0.2) is 4.39 Å². The Labute approximate surface area is 102 Å². The predicted octanol–water partition coefficient (Wildman–Crippen LogP) is 2.46. The summed E-state index contributed by atoms with van der Waals surface area (Å²) in [6.07, 6.45) is -1.56. The van der Waals surface area contributed by atoms with E-state index in [-0.39, 0.29) is 13.0 Å². The van der Waals surface area contributed by atoms with Crippen molar-refractivity contribution in [3.8, 4) is 0 Å². The summed E-state index contributed by atoms with van der Waals surface area (Å²) in [5, 5.41) is 0. The molecule has 0 saturated heterocycles. The maximum Gasteiger partial charge on any atom is 0.302 e. The summed E-state index contributed by atoms with van der Waals surface area (Å²) in [5.41, 5.74) is -0.964. The highest BCUT2D eigenvalue weighted by Gasteiger charge is 2.32. The van der Waals surface area contributed by atoms with E-state index in [4.69, 9.17) is 14.2 Å². The van der Waals surface area contributed by atoms with Crippen molar-refractivity contribution in [3.05, 3.63) is 0 Å². The van der Waals surface area contributed by atoms with Gasteiger partial charge in [0.25, 0.3) is 0 Å². The van der Waals surface area contributed by atoms with Crippen LogP contribution in [0.15, 0.2) is 0 Å². The molecule has 0 saturated carbocycles. The summed E-state index contributed by atoms with van der Waals surface area (Å²) in [5.74, 6) is -0.404. The smallest absolute Gasteiger partial charge is 0.302 e. The third kappa shape index (κ3) is 7.28. The van der Waals surface area contributed by atoms with Crippen molar-refractivity contribution >= 4 is 5.97 Å². The summed E-state index contributed by atoms with van der Waals surface area (Å²) in [6.45, 7) is 8.76. The number of carbonyl (C=O) groups is 1. The molecule has 0 aromatic rings. The average molecular weight is 250 g/mol. The molecule has 1 unspecified atom stereocenters. The molecule has 0 aliphatic rings. The molecule has 0 fully saturated rings. The first-order valence-electron chi connectivity index (χ1n) is 5.86. The van der Waals surface area contributed by atoms with Crippen molar-refractivity contribution in [3.63, 3.8) is 0 Å². The second-order valence-corrected chi connectivity index (χ2v) is 4.34. The van der Waals surface area contributed by atoms with Gasteiger partial charge in [0.1, 0.15) is 6.17 Å². The molecule has 0 amide bonds. The zero-order valence-corrected chi connectivity index (χ0v) is 11.3. The van der Waals surface area contributed by atoms with Crippen LogP contribution in [-0.2, 0) is 19.0 Å². The Hall–Kier alpha value is -0.680. The first-order chi connectivity index (χ1) is 7.79. The van der Waals surface area contributed by atoms with Crippen molar-refractivity contribution in [1.82, 2.24) is 0 Å². The minimum atomic E-state index is -1.22. The van der Waals surface area contributed by atoms with Gasteiger partial charge in [-0.15, -0.1) is 0 Å². The van der Waals surface area contributed by atoms with Gasteiger partial charge in [-0.2, -0.15) is 0 Å². The fourth-order valence-electron chi connectivity index (χ4n) is 1.42. The molecule has 0 aliphatic carbocycles. The largest absolute Gasteiger partial charge is 0.466 e. The zero-order valence-electron chi connectivity index (χ0n) is 11.3. The van der Waals surface area contributed by atoms with E-state index in [2.05, 4.69) is 0 Å². The highest BCUT2D eigenvalue weighted by Crippen LogP contribution is 2.23. The molecule has 4 nitrogen and oxygen atoms in total.